The molecule has 0 radical (unpaired) electrons. The van der Waals surface area contributed by atoms with Gasteiger partial charge in [0.25, 0.3) is 0 Å². The van der Waals surface area contributed by atoms with E-state index in [1.54, 1.807) is 6.07 Å². The fraction of sp³-hybridized carbons (Fsp3) is 0.208. The van der Waals surface area contributed by atoms with Crippen LogP contribution in [0.4, 0.5) is 11.5 Å². The third-order valence-electron chi connectivity index (χ3n) is 5.35. The quantitative estimate of drug-likeness (QED) is 0.309. The van der Waals surface area contributed by atoms with Crippen molar-refractivity contribution in [2.24, 2.45) is 0 Å². The number of halogens is 2. The fourth-order valence-electron chi connectivity index (χ4n) is 3.59. The van der Waals surface area contributed by atoms with Crippen LogP contribution >= 0.6 is 35.4 Å². The molecule has 6 nitrogen and oxygen atoms in total. The first-order valence-electron chi connectivity index (χ1n) is 10.4. The predicted octanol–water partition coefficient (Wildman–Crippen LogP) is 6.22. The molecule has 0 fully saturated rings. The number of anilines is 2. The summed E-state index contributed by atoms with van der Waals surface area (Å²) in [5, 5.41) is 17.4. The number of benzene rings is 2. The van der Waals surface area contributed by atoms with Crippen molar-refractivity contribution in [2.45, 2.75) is 33.9 Å². The Hall–Kier alpha value is -2.87. The summed E-state index contributed by atoms with van der Waals surface area (Å²) in [6, 6.07) is 17.6. The molecule has 0 unspecified atom stereocenters. The Morgan fingerprint density at radius 2 is 1.67 bits per heavy atom. The molecular formula is C24H24Cl2N6S. The zero-order valence-electron chi connectivity index (χ0n) is 18.6. The maximum absolute atomic E-state index is 6.32. The van der Waals surface area contributed by atoms with Gasteiger partial charge in [0.05, 0.1) is 30.2 Å². The van der Waals surface area contributed by atoms with E-state index in [0.717, 1.165) is 28.3 Å². The predicted molar refractivity (Wildman–Crippen MR) is 140 cm³/mol. The lowest BCUT2D eigenvalue weighted by Crippen LogP contribution is -2.20. The molecule has 2 heterocycles. The summed E-state index contributed by atoms with van der Waals surface area (Å²) in [5.74, 6) is 0.655. The van der Waals surface area contributed by atoms with E-state index in [0.29, 0.717) is 34.1 Å². The highest BCUT2D eigenvalue weighted by molar-refractivity contribution is 7.80. The summed E-state index contributed by atoms with van der Waals surface area (Å²) in [7, 11) is 0. The van der Waals surface area contributed by atoms with Crippen LogP contribution in [-0.2, 0) is 13.1 Å². The van der Waals surface area contributed by atoms with E-state index >= 15 is 0 Å². The van der Waals surface area contributed by atoms with Crippen LogP contribution in [0, 0.1) is 20.8 Å². The molecule has 0 amide bonds. The number of aryl methyl sites for hydroxylation is 2. The molecule has 4 rings (SSSR count). The molecule has 2 aromatic heterocycles. The highest BCUT2D eigenvalue weighted by Crippen LogP contribution is 2.23. The third kappa shape index (κ3) is 5.55. The molecule has 0 aliphatic carbocycles. The summed E-state index contributed by atoms with van der Waals surface area (Å²) in [6.07, 6.45) is 0. The van der Waals surface area contributed by atoms with Crippen LogP contribution in [0.25, 0.3) is 0 Å². The van der Waals surface area contributed by atoms with Crippen LogP contribution < -0.4 is 10.6 Å². The van der Waals surface area contributed by atoms with E-state index < -0.39 is 0 Å². The highest BCUT2D eigenvalue weighted by atomic mass is 35.5. The second-order valence-corrected chi connectivity index (χ2v) is 9.08. The summed E-state index contributed by atoms with van der Waals surface area (Å²) in [5.41, 5.74) is 5.90. The Kier molecular flexibility index (Phi) is 7.02. The van der Waals surface area contributed by atoms with Crippen molar-refractivity contribution in [2.75, 3.05) is 10.6 Å². The van der Waals surface area contributed by atoms with Crippen molar-refractivity contribution in [3.63, 3.8) is 0 Å². The van der Waals surface area contributed by atoms with Gasteiger partial charge in [-0.25, -0.2) is 0 Å². The average molecular weight is 499 g/mol. The zero-order valence-corrected chi connectivity index (χ0v) is 20.9. The molecule has 0 aliphatic heterocycles. The second kappa shape index (κ2) is 9.95. The second-order valence-electron chi connectivity index (χ2n) is 7.83. The van der Waals surface area contributed by atoms with E-state index in [1.165, 1.54) is 5.56 Å². The molecule has 0 bridgehead atoms. The number of hydrogen-bond donors (Lipinski definition) is 2. The van der Waals surface area contributed by atoms with Gasteiger partial charge in [-0.15, -0.1) is 0 Å². The van der Waals surface area contributed by atoms with Crippen LogP contribution in [0.1, 0.15) is 28.2 Å². The summed E-state index contributed by atoms with van der Waals surface area (Å²) >= 11 is 17.9. The molecule has 9 heteroatoms. The molecule has 33 heavy (non-hydrogen) atoms. The number of aromatic nitrogens is 4. The molecule has 4 aromatic rings. The number of rotatable bonds is 6. The molecule has 170 valence electrons. The van der Waals surface area contributed by atoms with Crippen molar-refractivity contribution >= 4 is 52.0 Å². The fourth-order valence-corrected chi connectivity index (χ4v) is 4.27. The number of hydrogen-bond acceptors (Lipinski definition) is 3. The SMILES string of the molecule is Cc1nn(Cc2ccccc2)c(C)c1NC(=S)Nc1cc(C)n(Cc2ccc(Cl)cc2Cl)n1. The standard InChI is InChI=1S/C24H24Cl2N6S/c1-15-11-22(30-31(15)14-19-9-10-20(25)12-21(19)26)27-24(33)28-23-16(2)29-32(17(23)3)13-18-7-5-4-6-8-18/h4-12H,13-14H2,1-3H3,(H2,27,28,30,33). The van der Waals surface area contributed by atoms with Gasteiger partial charge in [0.1, 0.15) is 0 Å². The van der Waals surface area contributed by atoms with Crippen LogP contribution in [0.3, 0.4) is 0 Å². The summed E-state index contributed by atoms with van der Waals surface area (Å²) in [4.78, 5) is 0. The molecule has 0 saturated heterocycles. The van der Waals surface area contributed by atoms with Gasteiger partial charge in [0, 0.05) is 21.8 Å². The van der Waals surface area contributed by atoms with Crippen LogP contribution in [-0.4, -0.2) is 24.7 Å². The Bertz CT molecular complexity index is 1300. The van der Waals surface area contributed by atoms with E-state index in [4.69, 9.17) is 35.4 Å². The van der Waals surface area contributed by atoms with Crippen molar-refractivity contribution in [1.29, 1.82) is 0 Å². The van der Waals surface area contributed by atoms with Crippen molar-refractivity contribution in [1.82, 2.24) is 19.6 Å². The lowest BCUT2D eigenvalue weighted by molar-refractivity contribution is 0.659. The first kappa shape index (κ1) is 23.3. The van der Waals surface area contributed by atoms with Crippen LogP contribution in [0.15, 0.2) is 54.6 Å². The highest BCUT2D eigenvalue weighted by Gasteiger charge is 2.14. The van der Waals surface area contributed by atoms with Crippen molar-refractivity contribution in [3.05, 3.63) is 92.9 Å². The van der Waals surface area contributed by atoms with Gasteiger partial charge in [0.2, 0.25) is 0 Å². The first-order chi connectivity index (χ1) is 15.8. The minimum Gasteiger partial charge on any atom is -0.329 e. The van der Waals surface area contributed by atoms with Crippen molar-refractivity contribution in [3.8, 4) is 0 Å². The van der Waals surface area contributed by atoms with Gasteiger partial charge in [-0.05, 0) is 56.2 Å². The Morgan fingerprint density at radius 1 is 0.909 bits per heavy atom. The Morgan fingerprint density at radius 3 is 2.39 bits per heavy atom. The topological polar surface area (TPSA) is 59.7 Å². The third-order valence-corrected chi connectivity index (χ3v) is 6.14. The van der Waals surface area contributed by atoms with E-state index in [-0.39, 0.29) is 0 Å². The maximum Gasteiger partial charge on any atom is 0.176 e. The van der Waals surface area contributed by atoms with Crippen LogP contribution in [0.5, 0.6) is 0 Å². The summed E-state index contributed by atoms with van der Waals surface area (Å²) in [6.45, 7) is 7.22. The van der Waals surface area contributed by atoms with Crippen molar-refractivity contribution < 1.29 is 0 Å². The van der Waals surface area contributed by atoms with Crippen LogP contribution in [0.2, 0.25) is 10.0 Å². The van der Waals surface area contributed by atoms with Gasteiger partial charge in [0.15, 0.2) is 10.9 Å². The summed E-state index contributed by atoms with van der Waals surface area (Å²) < 4.78 is 3.85. The lowest BCUT2D eigenvalue weighted by Gasteiger charge is -2.10. The molecule has 0 spiro atoms. The van der Waals surface area contributed by atoms with E-state index in [1.807, 2.05) is 66.5 Å². The monoisotopic (exact) mass is 498 g/mol. The zero-order chi connectivity index (χ0) is 23.5. The number of nitrogens with zero attached hydrogens (tertiary/aromatic N) is 4. The Balaban J connectivity index is 1.44. The minimum absolute atomic E-state index is 0.453. The number of thiocarbonyl (C=S) groups is 1. The van der Waals surface area contributed by atoms with E-state index in [9.17, 15) is 0 Å². The average Bonchev–Trinajstić information content (AvgIpc) is 3.24. The normalized spacial score (nSPS) is 10.9. The number of nitrogens with one attached hydrogen (secondary N) is 2. The van der Waals surface area contributed by atoms with Gasteiger partial charge in [-0.3, -0.25) is 9.36 Å². The van der Waals surface area contributed by atoms with Gasteiger partial charge in [-0.1, -0.05) is 59.6 Å². The smallest absolute Gasteiger partial charge is 0.176 e. The lowest BCUT2D eigenvalue weighted by atomic mass is 10.2. The molecule has 0 aliphatic rings. The largest absolute Gasteiger partial charge is 0.329 e. The molecular weight excluding hydrogens is 475 g/mol. The molecule has 0 saturated carbocycles. The van der Waals surface area contributed by atoms with Gasteiger partial charge in [-0.2, -0.15) is 10.2 Å². The molecule has 2 N–H and O–H groups in total. The molecule has 0 atom stereocenters. The van der Waals surface area contributed by atoms with Gasteiger partial charge < -0.3 is 10.6 Å². The van der Waals surface area contributed by atoms with Gasteiger partial charge >= 0.3 is 0 Å². The first-order valence-corrected chi connectivity index (χ1v) is 11.6. The minimum atomic E-state index is 0.453. The molecule has 2 aromatic carbocycles. The Labute approximate surface area is 208 Å². The van der Waals surface area contributed by atoms with E-state index in [2.05, 4.69) is 33.0 Å². The maximum atomic E-state index is 6.32.